The molecule has 0 bridgehead atoms. The number of nitrogens with one attached hydrogen (secondary N) is 1. The second-order valence-electron chi connectivity index (χ2n) is 12.6. The summed E-state index contributed by atoms with van der Waals surface area (Å²) in [5.41, 5.74) is 2.06. The first-order valence-corrected chi connectivity index (χ1v) is 14.7. The molecule has 0 amide bonds. The SMILES string of the molecule is Cn1c(=O)n(CC(C)(C)C)c2ccc(C3CCC(C)(C)C(NS(=O)(=O)c4cccc5cnccc45)C3)nc21. The molecule has 0 spiro atoms. The summed E-state index contributed by atoms with van der Waals surface area (Å²) >= 11 is 0. The molecule has 1 fully saturated rings. The van der Waals surface area contributed by atoms with Crippen LogP contribution in [-0.4, -0.2) is 33.6 Å². The van der Waals surface area contributed by atoms with E-state index in [-0.39, 0.29) is 33.4 Å². The summed E-state index contributed by atoms with van der Waals surface area (Å²) in [4.78, 5) is 22.3. The number of imidazole rings is 1. The van der Waals surface area contributed by atoms with E-state index in [0.29, 0.717) is 24.0 Å². The number of fused-ring (bicyclic) bond motifs is 2. The van der Waals surface area contributed by atoms with E-state index in [2.05, 4.69) is 44.3 Å². The maximum Gasteiger partial charge on any atom is 0.330 e. The molecule has 1 aromatic carbocycles. The van der Waals surface area contributed by atoms with Crippen molar-refractivity contribution in [3.05, 3.63) is 65.0 Å². The van der Waals surface area contributed by atoms with Gasteiger partial charge in [-0.25, -0.2) is 22.9 Å². The Bertz CT molecular complexity index is 1670. The third kappa shape index (κ3) is 4.89. The summed E-state index contributed by atoms with van der Waals surface area (Å²) in [6, 6.07) is 10.7. The molecular weight excluding hydrogens is 498 g/mol. The highest BCUT2D eigenvalue weighted by Crippen LogP contribution is 2.43. The van der Waals surface area contributed by atoms with E-state index in [0.717, 1.165) is 29.4 Å². The van der Waals surface area contributed by atoms with Crippen LogP contribution < -0.4 is 10.4 Å². The number of aromatic nitrogens is 4. The minimum Gasteiger partial charge on any atom is -0.290 e. The van der Waals surface area contributed by atoms with Gasteiger partial charge in [0, 0.05) is 54.4 Å². The average molecular weight is 536 g/mol. The van der Waals surface area contributed by atoms with Crippen molar-refractivity contribution in [3.8, 4) is 0 Å². The zero-order valence-electron chi connectivity index (χ0n) is 23.0. The Morgan fingerprint density at radius 1 is 1.13 bits per heavy atom. The topological polar surface area (TPSA) is 98.9 Å². The Kier molecular flexibility index (Phi) is 6.51. The fraction of sp³-hybridized carbons (Fsp3) is 0.483. The quantitative estimate of drug-likeness (QED) is 0.389. The lowest BCUT2D eigenvalue weighted by atomic mass is 9.69. The molecular formula is C29H37N5O3S. The van der Waals surface area contributed by atoms with Gasteiger partial charge in [-0.2, -0.15) is 0 Å². The zero-order chi connectivity index (χ0) is 27.5. The Morgan fingerprint density at radius 3 is 2.63 bits per heavy atom. The van der Waals surface area contributed by atoms with Gasteiger partial charge in [-0.3, -0.25) is 14.1 Å². The molecule has 8 nitrogen and oxygen atoms in total. The average Bonchev–Trinajstić information content (AvgIpc) is 3.08. The first kappa shape index (κ1) is 26.6. The van der Waals surface area contributed by atoms with Crippen LogP contribution in [0.2, 0.25) is 0 Å². The molecule has 5 rings (SSSR count). The molecule has 0 saturated heterocycles. The molecule has 1 saturated carbocycles. The van der Waals surface area contributed by atoms with E-state index < -0.39 is 10.0 Å². The lowest BCUT2D eigenvalue weighted by Gasteiger charge is -2.42. The number of hydrogen-bond donors (Lipinski definition) is 1. The lowest BCUT2D eigenvalue weighted by molar-refractivity contribution is 0.170. The number of nitrogens with zero attached hydrogens (tertiary/aromatic N) is 4. The van der Waals surface area contributed by atoms with Gasteiger partial charge < -0.3 is 0 Å². The highest BCUT2D eigenvalue weighted by atomic mass is 32.2. The van der Waals surface area contributed by atoms with Crippen LogP contribution in [0.5, 0.6) is 0 Å². The molecule has 2 atom stereocenters. The molecule has 0 aliphatic heterocycles. The Labute approximate surface area is 224 Å². The van der Waals surface area contributed by atoms with Gasteiger partial charge in [0.15, 0.2) is 5.65 Å². The standard InChI is InChI=1S/C29H37N5O3S/c1-28(2,3)18-34-23-11-10-22(31-26(23)33(6)27(34)35)19-12-14-29(4,5)25(16-19)32-38(36,37)24-9-7-8-20-17-30-15-13-21(20)24/h7-11,13,15,17,19,25,32H,12,14,16,18H2,1-6H3. The van der Waals surface area contributed by atoms with Gasteiger partial charge in [0.2, 0.25) is 10.0 Å². The normalized spacial score (nSPS) is 20.3. The van der Waals surface area contributed by atoms with Crippen LogP contribution in [-0.2, 0) is 23.6 Å². The van der Waals surface area contributed by atoms with E-state index in [1.54, 1.807) is 46.8 Å². The number of rotatable bonds is 5. The van der Waals surface area contributed by atoms with Crippen LogP contribution in [0.4, 0.5) is 0 Å². The number of hydrogen-bond acceptors (Lipinski definition) is 5. The van der Waals surface area contributed by atoms with E-state index >= 15 is 0 Å². The fourth-order valence-electron chi connectivity index (χ4n) is 5.64. The third-order valence-electron chi connectivity index (χ3n) is 7.88. The van der Waals surface area contributed by atoms with Crippen LogP contribution in [0, 0.1) is 10.8 Å². The van der Waals surface area contributed by atoms with Crippen molar-refractivity contribution in [1.82, 2.24) is 23.8 Å². The molecule has 3 aromatic heterocycles. The fourth-order valence-corrected chi connectivity index (χ4v) is 7.29. The monoisotopic (exact) mass is 535 g/mol. The number of aryl methyl sites for hydroxylation is 1. The van der Waals surface area contributed by atoms with Crippen LogP contribution >= 0.6 is 0 Å². The first-order valence-electron chi connectivity index (χ1n) is 13.2. The van der Waals surface area contributed by atoms with Gasteiger partial charge in [0.05, 0.1) is 10.4 Å². The summed E-state index contributed by atoms with van der Waals surface area (Å²) < 4.78 is 33.7. The van der Waals surface area contributed by atoms with Gasteiger partial charge in [-0.1, -0.05) is 46.8 Å². The minimum atomic E-state index is -3.77. The van der Waals surface area contributed by atoms with Crippen molar-refractivity contribution >= 4 is 32.0 Å². The predicted molar refractivity (Wildman–Crippen MR) is 151 cm³/mol. The molecule has 38 heavy (non-hydrogen) atoms. The third-order valence-corrected chi connectivity index (χ3v) is 9.41. The molecule has 2 unspecified atom stereocenters. The molecule has 0 radical (unpaired) electrons. The minimum absolute atomic E-state index is 0.0449. The van der Waals surface area contributed by atoms with Crippen molar-refractivity contribution in [1.29, 1.82) is 0 Å². The van der Waals surface area contributed by atoms with E-state index in [9.17, 15) is 13.2 Å². The molecule has 1 aliphatic carbocycles. The number of pyridine rings is 2. The largest absolute Gasteiger partial charge is 0.330 e. The van der Waals surface area contributed by atoms with Crippen molar-refractivity contribution < 1.29 is 8.42 Å². The predicted octanol–water partition coefficient (Wildman–Crippen LogP) is 4.97. The summed E-state index contributed by atoms with van der Waals surface area (Å²) in [7, 11) is -2.01. The molecule has 1 aliphatic rings. The van der Waals surface area contributed by atoms with Crippen molar-refractivity contribution in [2.45, 2.75) is 77.3 Å². The first-order chi connectivity index (χ1) is 17.8. The summed E-state index contributed by atoms with van der Waals surface area (Å²) in [6.45, 7) is 11.2. The molecule has 9 heteroatoms. The van der Waals surface area contributed by atoms with Crippen LogP contribution in [0.1, 0.15) is 65.5 Å². The van der Waals surface area contributed by atoms with Gasteiger partial charge in [-0.05, 0) is 54.4 Å². The molecule has 4 aromatic rings. The van der Waals surface area contributed by atoms with E-state index in [4.69, 9.17) is 4.98 Å². The van der Waals surface area contributed by atoms with Crippen molar-refractivity contribution in [2.75, 3.05) is 0 Å². The Morgan fingerprint density at radius 2 is 1.89 bits per heavy atom. The molecule has 202 valence electrons. The number of sulfonamides is 1. The highest BCUT2D eigenvalue weighted by Gasteiger charge is 2.40. The zero-order valence-corrected chi connectivity index (χ0v) is 23.8. The van der Waals surface area contributed by atoms with Gasteiger partial charge in [0.25, 0.3) is 0 Å². The summed E-state index contributed by atoms with van der Waals surface area (Å²) in [5.74, 6) is 0.0814. The van der Waals surface area contributed by atoms with E-state index in [1.165, 1.54) is 0 Å². The van der Waals surface area contributed by atoms with Crippen LogP contribution in [0.3, 0.4) is 0 Å². The second-order valence-corrected chi connectivity index (χ2v) is 14.2. The second kappa shape index (κ2) is 9.31. The van der Waals surface area contributed by atoms with Crippen LogP contribution in [0.25, 0.3) is 21.9 Å². The van der Waals surface area contributed by atoms with E-state index in [1.807, 2.05) is 18.2 Å². The Hall–Kier alpha value is -3.04. The summed E-state index contributed by atoms with van der Waals surface area (Å²) in [5, 5.41) is 1.45. The van der Waals surface area contributed by atoms with Gasteiger partial charge >= 0.3 is 5.69 Å². The molecule has 1 N–H and O–H groups in total. The van der Waals surface area contributed by atoms with Gasteiger partial charge in [0.1, 0.15) is 0 Å². The highest BCUT2D eigenvalue weighted by molar-refractivity contribution is 7.89. The number of benzene rings is 1. The van der Waals surface area contributed by atoms with Crippen LogP contribution in [0.15, 0.2) is 58.5 Å². The van der Waals surface area contributed by atoms with Crippen molar-refractivity contribution in [3.63, 3.8) is 0 Å². The Balaban J connectivity index is 1.46. The van der Waals surface area contributed by atoms with Gasteiger partial charge in [-0.15, -0.1) is 0 Å². The van der Waals surface area contributed by atoms with Crippen molar-refractivity contribution in [2.24, 2.45) is 17.9 Å². The maximum atomic E-state index is 13.6. The smallest absolute Gasteiger partial charge is 0.290 e. The maximum absolute atomic E-state index is 13.6. The molecule has 3 heterocycles. The lowest BCUT2D eigenvalue weighted by Crippen LogP contribution is -2.48. The summed E-state index contributed by atoms with van der Waals surface area (Å²) in [6.07, 6.45) is 5.69.